The van der Waals surface area contributed by atoms with Gasteiger partial charge >= 0.3 is 5.97 Å². The number of nitrogen functional groups attached to an aromatic ring is 1. The van der Waals surface area contributed by atoms with E-state index in [9.17, 15) is 4.79 Å². The van der Waals surface area contributed by atoms with Gasteiger partial charge in [0.05, 0.1) is 19.5 Å². The molecule has 1 aromatic rings. The molecule has 7 nitrogen and oxygen atoms in total. The van der Waals surface area contributed by atoms with Crippen LogP contribution in [-0.4, -0.2) is 29.6 Å². The second kappa shape index (κ2) is 4.97. The monoisotopic (exact) mass is 197 g/mol. The largest absolute Gasteiger partial charge is 0.468 e. The van der Waals surface area contributed by atoms with Crippen LogP contribution in [0.15, 0.2) is 12.4 Å². The zero-order valence-electron chi connectivity index (χ0n) is 7.65. The van der Waals surface area contributed by atoms with E-state index < -0.39 is 0 Å². The van der Waals surface area contributed by atoms with Crippen molar-refractivity contribution < 1.29 is 9.53 Å². The Hall–Kier alpha value is -1.89. The molecular weight excluding hydrogens is 186 g/mol. The van der Waals surface area contributed by atoms with Crippen LogP contribution in [0.25, 0.3) is 0 Å². The Kier molecular flexibility index (Phi) is 3.62. The van der Waals surface area contributed by atoms with E-state index in [1.165, 1.54) is 19.5 Å². The number of anilines is 2. The van der Waals surface area contributed by atoms with Gasteiger partial charge in [0, 0.05) is 0 Å². The number of rotatable bonds is 4. The summed E-state index contributed by atoms with van der Waals surface area (Å²) >= 11 is 0. The first-order valence-corrected chi connectivity index (χ1v) is 3.85. The molecule has 4 N–H and O–H groups in total. The van der Waals surface area contributed by atoms with Gasteiger partial charge in [-0.2, -0.15) is 0 Å². The van der Waals surface area contributed by atoms with E-state index in [0.717, 1.165) is 0 Å². The number of carbonyl (C=O) groups excluding carboxylic acids is 1. The molecule has 1 rings (SSSR count). The second-order valence-electron chi connectivity index (χ2n) is 2.36. The Bertz CT molecular complexity index is 317. The van der Waals surface area contributed by atoms with Crippen LogP contribution >= 0.6 is 0 Å². The molecule has 0 aliphatic rings. The molecule has 0 unspecified atom stereocenters. The zero-order valence-corrected chi connectivity index (χ0v) is 7.65. The molecule has 0 aliphatic carbocycles. The third kappa shape index (κ3) is 2.87. The standard InChI is InChI=1S/C7H11N5O2/c1-14-7(13)4-10-5-2-9-3-6(11-5)12-8/h2-3H,4,8H2,1H3,(H2,10,11,12). The molecule has 76 valence electrons. The highest BCUT2D eigenvalue weighted by molar-refractivity contribution is 5.74. The van der Waals surface area contributed by atoms with Crippen molar-refractivity contribution in [1.29, 1.82) is 0 Å². The van der Waals surface area contributed by atoms with Gasteiger partial charge in [-0.1, -0.05) is 0 Å². The first-order chi connectivity index (χ1) is 6.76. The van der Waals surface area contributed by atoms with Crippen LogP contribution in [0.3, 0.4) is 0 Å². The summed E-state index contributed by atoms with van der Waals surface area (Å²) in [4.78, 5) is 18.6. The molecule has 0 fully saturated rings. The average molecular weight is 197 g/mol. The Labute approximate surface area is 80.7 Å². The van der Waals surface area contributed by atoms with Crippen LogP contribution in [0, 0.1) is 0 Å². The smallest absolute Gasteiger partial charge is 0.325 e. The summed E-state index contributed by atoms with van der Waals surface area (Å²) in [7, 11) is 1.31. The average Bonchev–Trinajstić information content (AvgIpc) is 2.26. The molecule has 0 aromatic carbocycles. The number of esters is 1. The molecule has 0 bridgehead atoms. The number of nitrogens with two attached hydrogens (primary N) is 1. The Morgan fingerprint density at radius 2 is 2.29 bits per heavy atom. The van der Waals surface area contributed by atoms with Gasteiger partial charge in [-0.05, 0) is 0 Å². The maximum Gasteiger partial charge on any atom is 0.325 e. The summed E-state index contributed by atoms with van der Waals surface area (Å²) < 4.78 is 4.44. The van der Waals surface area contributed by atoms with E-state index >= 15 is 0 Å². The predicted octanol–water partition coefficient (Wildman–Crippen LogP) is -0.653. The van der Waals surface area contributed by atoms with Gasteiger partial charge in [-0.3, -0.25) is 9.78 Å². The molecule has 14 heavy (non-hydrogen) atoms. The Balaban J connectivity index is 2.54. The fraction of sp³-hybridized carbons (Fsp3) is 0.286. The van der Waals surface area contributed by atoms with Crippen LogP contribution in [-0.2, 0) is 9.53 Å². The molecule has 1 heterocycles. The van der Waals surface area contributed by atoms with Crippen molar-refractivity contribution in [3.05, 3.63) is 12.4 Å². The molecule has 0 radical (unpaired) electrons. The van der Waals surface area contributed by atoms with Gasteiger partial charge in [0.25, 0.3) is 0 Å². The summed E-state index contributed by atoms with van der Waals surface area (Å²) in [5.74, 6) is 5.62. The van der Waals surface area contributed by atoms with Crippen LogP contribution < -0.4 is 16.6 Å². The van der Waals surface area contributed by atoms with Crippen molar-refractivity contribution >= 4 is 17.6 Å². The van der Waals surface area contributed by atoms with E-state index in [1.54, 1.807) is 0 Å². The molecule has 1 aromatic heterocycles. The molecule has 0 spiro atoms. The molecule has 0 saturated heterocycles. The van der Waals surface area contributed by atoms with Gasteiger partial charge in [0.15, 0.2) is 5.82 Å². The maximum absolute atomic E-state index is 10.8. The normalized spacial score (nSPS) is 9.29. The minimum Gasteiger partial charge on any atom is -0.468 e. The minimum absolute atomic E-state index is 0.0409. The third-order valence-corrected chi connectivity index (χ3v) is 1.42. The summed E-state index contributed by atoms with van der Waals surface area (Å²) in [6, 6.07) is 0. The first-order valence-electron chi connectivity index (χ1n) is 3.85. The maximum atomic E-state index is 10.8. The number of hydrogen-bond donors (Lipinski definition) is 3. The molecule has 0 aliphatic heterocycles. The van der Waals surface area contributed by atoms with Crippen molar-refractivity contribution in [3.8, 4) is 0 Å². The van der Waals surface area contributed by atoms with Gasteiger partial charge < -0.3 is 15.5 Å². The van der Waals surface area contributed by atoms with E-state index in [4.69, 9.17) is 5.84 Å². The molecular formula is C7H11N5O2. The highest BCUT2D eigenvalue weighted by Gasteiger charge is 2.01. The quantitative estimate of drug-likeness (QED) is 0.334. The Morgan fingerprint density at radius 1 is 1.57 bits per heavy atom. The van der Waals surface area contributed by atoms with Gasteiger partial charge in [0.2, 0.25) is 0 Å². The number of nitrogens with one attached hydrogen (secondary N) is 2. The van der Waals surface area contributed by atoms with Gasteiger partial charge in [0.1, 0.15) is 12.4 Å². The molecule has 0 amide bonds. The summed E-state index contributed by atoms with van der Waals surface area (Å²) in [5.41, 5.74) is 2.34. The topological polar surface area (TPSA) is 102 Å². The fourth-order valence-corrected chi connectivity index (χ4v) is 0.756. The van der Waals surface area contributed by atoms with E-state index in [-0.39, 0.29) is 12.5 Å². The van der Waals surface area contributed by atoms with Crippen LogP contribution in [0.4, 0.5) is 11.6 Å². The SMILES string of the molecule is COC(=O)CNc1cncc(NN)n1. The highest BCUT2D eigenvalue weighted by atomic mass is 16.5. The number of aromatic nitrogens is 2. The lowest BCUT2D eigenvalue weighted by molar-refractivity contribution is -0.138. The van der Waals surface area contributed by atoms with Crippen molar-refractivity contribution in [2.75, 3.05) is 24.4 Å². The van der Waals surface area contributed by atoms with E-state index in [2.05, 4.69) is 25.4 Å². The second-order valence-corrected chi connectivity index (χ2v) is 2.36. The van der Waals surface area contributed by atoms with Crippen LogP contribution in [0.2, 0.25) is 0 Å². The molecule has 0 saturated carbocycles. The van der Waals surface area contributed by atoms with E-state index in [1.807, 2.05) is 0 Å². The van der Waals surface area contributed by atoms with Gasteiger partial charge in [-0.25, -0.2) is 10.8 Å². The van der Waals surface area contributed by atoms with Crippen LogP contribution in [0.1, 0.15) is 0 Å². The lowest BCUT2D eigenvalue weighted by Gasteiger charge is -2.04. The van der Waals surface area contributed by atoms with Crippen molar-refractivity contribution in [2.24, 2.45) is 5.84 Å². The highest BCUT2D eigenvalue weighted by Crippen LogP contribution is 2.04. The predicted molar refractivity (Wildman–Crippen MR) is 50.3 cm³/mol. The van der Waals surface area contributed by atoms with Crippen molar-refractivity contribution in [3.63, 3.8) is 0 Å². The van der Waals surface area contributed by atoms with Crippen LogP contribution in [0.5, 0.6) is 0 Å². The number of methoxy groups -OCH3 is 1. The van der Waals surface area contributed by atoms with Crippen molar-refractivity contribution in [2.45, 2.75) is 0 Å². The number of hydrogen-bond acceptors (Lipinski definition) is 7. The summed E-state index contributed by atoms with van der Waals surface area (Å²) in [5, 5.41) is 2.73. The molecule has 0 atom stereocenters. The fourth-order valence-electron chi connectivity index (χ4n) is 0.756. The number of ether oxygens (including phenoxy) is 1. The summed E-state index contributed by atoms with van der Waals surface area (Å²) in [6.45, 7) is 0.0409. The number of carbonyl (C=O) groups is 1. The summed E-state index contributed by atoms with van der Waals surface area (Å²) in [6.07, 6.45) is 2.94. The number of nitrogens with zero attached hydrogens (tertiary/aromatic N) is 2. The lowest BCUT2D eigenvalue weighted by atomic mass is 10.5. The zero-order chi connectivity index (χ0) is 10.4. The van der Waals surface area contributed by atoms with Crippen molar-refractivity contribution in [1.82, 2.24) is 9.97 Å². The molecule has 7 heteroatoms. The lowest BCUT2D eigenvalue weighted by Crippen LogP contribution is -2.16. The van der Waals surface area contributed by atoms with E-state index in [0.29, 0.717) is 11.6 Å². The first kappa shape index (κ1) is 10.2. The third-order valence-electron chi connectivity index (χ3n) is 1.42. The Morgan fingerprint density at radius 3 is 2.93 bits per heavy atom. The van der Waals surface area contributed by atoms with Gasteiger partial charge in [-0.15, -0.1) is 0 Å². The number of hydrazine groups is 1. The minimum atomic E-state index is -0.377.